The van der Waals surface area contributed by atoms with Crippen LogP contribution in [0.5, 0.6) is 0 Å². The Hall–Kier alpha value is -1.39. The summed E-state index contributed by atoms with van der Waals surface area (Å²) in [4.78, 5) is 11.8. The van der Waals surface area contributed by atoms with Crippen molar-refractivity contribution in [2.75, 3.05) is 6.54 Å². The van der Waals surface area contributed by atoms with Gasteiger partial charge in [-0.2, -0.15) is 0 Å². The van der Waals surface area contributed by atoms with E-state index in [4.69, 9.17) is 0 Å². The molecule has 0 saturated heterocycles. The van der Waals surface area contributed by atoms with Crippen molar-refractivity contribution in [2.24, 2.45) is 5.92 Å². The molecule has 0 radical (unpaired) electrons. The lowest BCUT2D eigenvalue weighted by Crippen LogP contribution is -2.39. The highest BCUT2D eigenvalue weighted by molar-refractivity contribution is 5.79. The van der Waals surface area contributed by atoms with Crippen LogP contribution in [0.4, 0.5) is 0 Å². The van der Waals surface area contributed by atoms with E-state index in [0.717, 1.165) is 18.4 Å². The third kappa shape index (κ3) is 4.04. The molecular weight excluding hydrogens is 242 g/mol. The molecule has 19 heavy (non-hydrogen) atoms. The van der Waals surface area contributed by atoms with Crippen LogP contribution in [0.25, 0.3) is 0 Å². The number of nitrogens with one attached hydrogen (secondary N) is 1. The van der Waals surface area contributed by atoms with E-state index >= 15 is 0 Å². The number of aliphatic hydroxyl groups is 2. The molecule has 3 N–H and O–H groups in total. The van der Waals surface area contributed by atoms with E-state index in [1.165, 1.54) is 0 Å². The maximum Gasteiger partial charge on any atom is 0.225 e. The minimum Gasteiger partial charge on any atom is -0.392 e. The molecule has 0 bridgehead atoms. The van der Waals surface area contributed by atoms with Crippen LogP contribution in [-0.4, -0.2) is 34.9 Å². The molecule has 1 aliphatic carbocycles. The first kappa shape index (κ1) is 14.0. The molecule has 0 aliphatic heterocycles. The highest BCUT2D eigenvalue weighted by Gasteiger charge is 2.31. The van der Waals surface area contributed by atoms with Crippen LogP contribution in [0, 0.1) is 5.92 Å². The standard InChI is InChI=1S/C15H21NO3/c17-12(9-11-5-2-1-3-6-11)10-16-15(19)13-7-4-8-14(13)18/h1-3,5-6,12-14,17-18H,4,7-10H2,(H,16,19). The van der Waals surface area contributed by atoms with Crippen molar-refractivity contribution >= 4 is 5.91 Å². The monoisotopic (exact) mass is 263 g/mol. The first-order valence-electron chi connectivity index (χ1n) is 6.84. The Balaban J connectivity index is 1.74. The minimum absolute atomic E-state index is 0.142. The third-order valence-corrected chi connectivity index (χ3v) is 3.64. The summed E-state index contributed by atoms with van der Waals surface area (Å²) in [7, 11) is 0. The predicted molar refractivity (Wildman–Crippen MR) is 72.5 cm³/mol. The zero-order valence-electron chi connectivity index (χ0n) is 11.0. The van der Waals surface area contributed by atoms with Crippen molar-refractivity contribution in [1.82, 2.24) is 5.32 Å². The molecule has 0 aromatic heterocycles. The second-order valence-corrected chi connectivity index (χ2v) is 5.19. The average Bonchev–Trinajstić information content (AvgIpc) is 2.83. The lowest BCUT2D eigenvalue weighted by molar-refractivity contribution is -0.127. The largest absolute Gasteiger partial charge is 0.392 e. The van der Waals surface area contributed by atoms with Gasteiger partial charge in [0.15, 0.2) is 0 Å². The van der Waals surface area contributed by atoms with Crippen LogP contribution in [0.15, 0.2) is 30.3 Å². The van der Waals surface area contributed by atoms with Gasteiger partial charge < -0.3 is 15.5 Å². The lowest BCUT2D eigenvalue weighted by atomic mass is 10.0. The van der Waals surface area contributed by atoms with Crippen molar-refractivity contribution < 1.29 is 15.0 Å². The van der Waals surface area contributed by atoms with Gasteiger partial charge in [-0.3, -0.25) is 4.79 Å². The van der Waals surface area contributed by atoms with Crippen LogP contribution >= 0.6 is 0 Å². The summed E-state index contributed by atoms with van der Waals surface area (Å²) in [6, 6.07) is 9.68. The highest BCUT2D eigenvalue weighted by Crippen LogP contribution is 2.25. The Morgan fingerprint density at radius 1 is 1.32 bits per heavy atom. The molecular formula is C15H21NO3. The van der Waals surface area contributed by atoms with Crippen molar-refractivity contribution in [3.05, 3.63) is 35.9 Å². The molecule has 1 aromatic rings. The molecule has 104 valence electrons. The minimum atomic E-state index is -0.593. The van der Waals surface area contributed by atoms with E-state index in [1.807, 2.05) is 30.3 Å². The molecule has 4 heteroatoms. The van der Waals surface area contributed by atoms with Crippen LogP contribution in [0.1, 0.15) is 24.8 Å². The van der Waals surface area contributed by atoms with Gasteiger partial charge in [-0.15, -0.1) is 0 Å². The van der Waals surface area contributed by atoms with E-state index in [1.54, 1.807) is 0 Å². The van der Waals surface area contributed by atoms with Gasteiger partial charge in [-0.1, -0.05) is 30.3 Å². The summed E-state index contributed by atoms with van der Waals surface area (Å²) in [6.45, 7) is 0.233. The molecule has 4 nitrogen and oxygen atoms in total. The number of carbonyl (C=O) groups is 1. The maximum absolute atomic E-state index is 11.8. The summed E-state index contributed by atoms with van der Waals surface area (Å²) < 4.78 is 0. The summed E-state index contributed by atoms with van der Waals surface area (Å²) in [6.07, 6.45) is 1.74. The molecule has 0 heterocycles. The first-order valence-corrected chi connectivity index (χ1v) is 6.84. The lowest BCUT2D eigenvalue weighted by Gasteiger charge is -2.16. The van der Waals surface area contributed by atoms with Crippen molar-refractivity contribution in [3.8, 4) is 0 Å². The molecule has 1 aromatic carbocycles. The van der Waals surface area contributed by atoms with Crippen molar-refractivity contribution in [1.29, 1.82) is 0 Å². The molecule has 3 unspecified atom stereocenters. The van der Waals surface area contributed by atoms with Crippen LogP contribution < -0.4 is 5.32 Å². The van der Waals surface area contributed by atoms with Crippen molar-refractivity contribution in [3.63, 3.8) is 0 Å². The Labute approximate surface area is 113 Å². The highest BCUT2D eigenvalue weighted by atomic mass is 16.3. The Morgan fingerprint density at radius 3 is 2.68 bits per heavy atom. The van der Waals surface area contributed by atoms with Crippen LogP contribution in [-0.2, 0) is 11.2 Å². The first-order chi connectivity index (χ1) is 9.16. The normalized spacial score (nSPS) is 24.1. The number of carbonyl (C=O) groups excluding carboxylic acids is 1. The molecule has 1 aliphatic rings. The summed E-state index contributed by atoms with van der Waals surface area (Å²) in [5, 5.41) is 22.2. The molecule has 1 saturated carbocycles. The fraction of sp³-hybridized carbons (Fsp3) is 0.533. The Kier molecular flexibility index (Phi) is 4.93. The smallest absolute Gasteiger partial charge is 0.225 e. The van der Waals surface area contributed by atoms with Gasteiger partial charge in [0.25, 0.3) is 0 Å². The molecule has 3 atom stereocenters. The number of hydrogen-bond donors (Lipinski definition) is 3. The number of amides is 1. The van der Waals surface area contributed by atoms with E-state index in [2.05, 4.69) is 5.32 Å². The second kappa shape index (κ2) is 6.68. The van der Waals surface area contributed by atoms with Gasteiger partial charge in [0.1, 0.15) is 0 Å². The molecule has 2 rings (SSSR count). The van der Waals surface area contributed by atoms with Crippen LogP contribution in [0.3, 0.4) is 0 Å². The van der Waals surface area contributed by atoms with Gasteiger partial charge in [0.05, 0.1) is 18.1 Å². The van der Waals surface area contributed by atoms with E-state index in [9.17, 15) is 15.0 Å². The van der Waals surface area contributed by atoms with Gasteiger partial charge in [-0.25, -0.2) is 0 Å². The van der Waals surface area contributed by atoms with Crippen molar-refractivity contribution in [2.45, 2.75) is 37.9 Å². The quantitative estimate of drug-likeness (QED) is 0.738. The number of aliphatic hydroxyl groups excluding tert-OH is 2. The van der Waals surface area contributed by atoms with E-state index < -0.39 is 12.2 Å². The fourth-order valence-electron chi connectivity index (χ4n) is 2.55. The van der Waals surface area contributed by atoms with E-state index in [0.29, 0.717) is 12.8 Å². The molecule has 1 amide bonds. The molecule has 1 fully saturated rings. The molecule has 0 spiro atoms. The van der Waals surface area contributed by atoms with Gasteiger partial charge in [-0.05, 0) is 24.8 Å². The number of hydrogen-bond acceptors (Lipinski definition) is 3. The van der Waals surface area contributed by atoms with E-state index in [-0.39, 0.29) is 18.4 Å². The average molecular weight is 263 g/mol. The SMILES string of the molecule is O=C(NCC(O)Cc1ccccc1)C1CCCC1O. The Morgan fingerprint density at radius 2 is 2.05 bits per heavy atom. The Bertz CT molecular complexity index is 407. The van der Waals surface area contributed by atoms with Gasteiger partial charge in [0.2, 0.25) is 5.91 Å². The third-order valence-electron chi connectivity index (χ3n) is 3.64. The zero-order valence-corrected chi connectivity index (χ0v) is 11.0. The predicted octanol–water partition coefficient (Wildman–Crippen LogP) is 0.867. The van der Waals surface area contributed by atoms with Gasteiger partial charge in [0, 0.05) is 13.0 Å². The summed E-state index contributed by atoms with van der Waals surface area (Å²) in [5.74, 6) is -0.443. The number of rotatable bonds is 5. The van der Waals surface area contributed by atoms with Gasteiger partial charge >= 0.3 is 0 Å². The zero-order chi connectivity index (χ0) is 13.7. The fourth-order valence-corrected chi connectivity index (χ4v) is 2.55. The topological polar surface area (TPSA) is 69.6 Å². The summed E-state index contributed by atoms with van der Waals surface area (Å²) in [5.41, 5.74) is 1.05. The van der Waals surface area contributed by atoms with Crippen LogP contribution in [0.2, 0.25) is 0 Å². The number of benzene rings is 1. The second-order valence-electron chi connectivity index (χ2n) is 5.19. The summed E-state index contributed by atoms with van der Waals surface area (Å²) >= 11 is 0. The maximum atomic E-state index is 11.8.